The van der Waals surface area contributed by atoms with Gasteiger partial charge in [0, 0.05) is 21.6 Å². The van der Waals surface area contributed by atoms with E-state index in [1.54, 1.807) is 14.0 Å². The van der Waals surface area contributed by atoms with Gasteiger partial charge in [0.25, 0.3) is 0 Å². The van der Waals surface area contributed by atoms with Crippen molar-refractivity contribution in [2.24, 2.45) is 0 Å². The number of hydrogen-bond acceptors (Lipinski definition) is 4. The lowest BCUT2D eigenvalue weighted by Crippen LogP contribution is -2.51. The molecular formula is C27H35NO5Si. The van der Waals surface area contributed by atoms with Crippen LogP contribution in [0.5, 0.6) is 0 Å². The number of carbonyl (C=O) groups is 2. The maximum Gasteiger partial charge on any atom is 0.410 e. The van der Waals surface area contributed by atoms with Crippen LogP contribution in [0.3, 0.4) is 0 Å². The van der Waals surface area contributed by atoms with Crippen LogP contribution in [0.25, 0.3) is 17.2 Å². The Morgan fingerprint density at radius 1 is 1.15 bits per heavy atom. The number of rotatable bonds is 8. The molecular weight excluding hydrogens is 446 g/mol. The second-order valence-electron chi connectivity index (χ2n) is 10.3. The van der Waals surface area contributed by atoms with Crippen molar-refractivity contribution < 1.29 is 24.2 Å². The Kier molecular flexibility index (Phi) is 7.38. The first kappa shape index (κ1) is 25.7. The maximum atomic E-state index is 13.0. The van der Waals surface area contributed by atoms with Crippen LogP contribution in [0.1, 0.15) is 24.5 Å². The lowest BCUT2D eigenvalue weighted by molar-refractivity contribution is -0.148. The molecule has 0 saturated carbocycles. The molecule has 0 bridgehead atoms. The summed E-state index contributed by atoms with van der Waals surface area (Å²) >= 11 is 0. The fraction of sp³-hybridized carbons (Fsp3) is 0.407. The van der Waals surface area contributed by atoms with Crippen LogP contribution in [0.4, 0.5) is 4.79 Å². The number of nitrogens with zero attached hydrogens (tertiary/aromatic N) is 1. The number of hydrogen-bond donors (Lipinski definition) is 1. The van der Waals surface area contributed by atoms with Crippen molar-refractivity contribution in [3.8, 4) is 11.1 Å². The maximum absolute atomic E-state index is 13.0. The third-order valence-corrected chi connectivity index (χ3v) is 8.40. The third-order valence-electron chi connectivity index (χ3n) is 6.69. The molecule has 2 aromatic rings. The first-order valence-corrected chi connectivity index (χ1v) is 15.2. The summed E-state index contributed by atoms with van der Waals surface area (Å²) < 4.78 is 11.5. The number of amides is 1. The highest BCUT2D eigenvalue weighted by atomic mass is 28.3. The van der Waals surface area contributed by atoms with Gasteiger partial charge >= 0.3 is 12.1 Å². The van der Waals surface area contributed by atoms with Crippen LogP contribution in [0.15, 0.2) is 55.1 Å². The molecule has 0 unspecified atom stereocenters. The zero-order valence-corrected chi connectivity index (χ0v) is 21.8. The molecule has 1 aliphatic heterocycles. The predicted octanol–water partition coefficient (Wildman–Crippen LogP) is 5.86. The van der Waals surface area contributed by atoms with Gasteiger partial charge in [0.05, 0.1) is 13.2 Å². The predicted molar refractivity (Wildman–Crippen MR) is 138 cm³/mol. The quantitative estimate of drug-likeness (QED) is 0.478. The van der Waals surface area contributed by atoms with Gasteiger partial charge < -0.3 is 14.6 Å². The molecule has 0 aromatic heterocycles. The summed E-state index contributed by atoms with van der Waals surface area (Å²) in [4.78, 5) is 26.6. The Bertz CT molecular complexity index is 1060. The molecule has 1 amide bonds. The first-order chi connectivity index (χ1) is 16.0. The number of carboxylic acids is 1. The minimum absolute atomic E-state index is 0.0979. The van der Waals surface area contributed by atoms with E-state index < -0.39 is 31.3 Å². The fourth-order valence-electron chi connectivity index (χ4n) is 4.46. The number of likely N-dealkylation sites (tertiary alicyclic amines) is 1. The molecule has 3 rings (SSSR count). The molecule has 2 atom stereocenters. The fourth-order valence-corrected chi connectivity index (χ4v) is 5.17. The highest BCUT2D eigenvalue weighted by Crippen LogP contribution is 2.45. The van der Waals surface area contributed by atoms with Gasteiger partial charge in [-0.1, -0.05) is 80.8 Å². The highest BCUT2D eigenvalue weighted by Gasteiger charge is 2.58. The summed E-state index contributed by atoms with van der Waals surface area (Å²) in [5.41, 5.74) is 1.53. The van der Waals surface area contributed by atoms with Gasteiger partial charge in [-0.15, -0.1) is 0 Å². The first-order valence-electron chi connectivity index (χ1n) is 11.5. The number of aliphatic carboxylic acids is 1. The van der Waals surface area contributed by atoms with E-state index in [1.807, 2.05) is 54.6 Å². The summed E-state index contributed by atoms with van der Waals surface area (Å²) in [5, 5.41) is 10.1. The van der Waals surface area contributed by atoms with E-state index in [2.05, 4.69) is 26.2 Å². The number of ether oxygens (including phenoxy) is 2. The van der Waals surface area contributed by atoms with Crippen molar-refractivity contribution in [2.75, 3.05) is 20.3 Å². The Balaban J connectivity index is 1.90. The minimum Gasteiger partial charge on any atom is -0.480 e. The van der Waals surface area contributed by atoms with Gasteiger partial charge in [0.1, 0.15) is 11.1 Å². The third kappa shape index (κ3) is 5.10. The van der Waals surface area contributed by atoms with Crippen LogP contribution in [-0.2, 0) is 19.9 Å². The van der Waals surface area contributed by atoms with E-state index in [-0.39, 0.29) is 19.6 Å². The van der Waals surface area contributed by atoms with Crippen molar-refractivity contribution in [1.82, 2.24) is 4.90 Å². The monoisotopic (exact) mass is 481 g/mol. The van der Waals surface area contributed by atoms with Gasteiger partial charge in [-0.3, -0.25) is 4.90 Å². The van der Waals surface area contributed by atoms with Crippen LogP contribution in [0, 0.1) is 0 Å². The largest absolute Gasteiger partial charge is 0.480 e. The Hall–Kier alpha value is -2.90. The van der Waals surface area contributed by atoms with Gasteiger partial charge in [0.2, 0.25) is 0 Å². The molecule has 0 radical (unpaired) electrons. The van der Waals surface area contributed by atoms with Crippen molar-refractivity contribution in [1.29, 1.82) is 0 Å². The molecule has 1 N–H and O–H groups in total. The average molecular weight is 482 g/mol. The van der Waals surface area contributed by atoms with Crippen molar-refractivity contribution in [2.45, 2.75) is 50.2 Å². The average Bonchev–Trinajstić information content (AvgIpc) is 3.13. The minimum atomic E-state index is -1.44. The second kappa shape index (κ2) is 9.76. The molecule has 1 fully saturated rings. The van der Waals surface area contributed by atoms with Crippen LogP contribution < -0.4 is 0 Å². The Morgan fingerprint density at radius 2 is 1.79 bits per heavy atom. The molecule has 34 heavy (non-hydrogen) atoms. The molecule has 0 aliphatic carbocycles. The summed E-state index contributed by atoms with van der Waals surface area (Å²) in [5.74, 6) is -1.08. The molecule has 1 saturated heterocycles. The molecule has 6 nitrogen and oxygen atoms in total. The van der Waals surface area contributed by atoms with Crippen LogP contribution in [0.2, 0.25) is 25.7 Å². The van der Waals surface area contributed by atoms with E-state index in [4.69, 9.17) is 9.47 Å². The van der Waals surface area contributed by atoms with Gasteiger partial charge in [0.15, 0.2) is 0 Å². The summed E-state index contributed by atoms with van der Waals surface area (Å²) in [6.07, 6.45) is 1.33. The normalized spacial score (nSPS) is 22.4. The molecule has 1 aliphatic rings. The molecule has 7 heteroatoms. The zero-order valence-electron chi connectivity index (χ0n) is 20.8. The van der Waals surface area contributed by atoms with E-state index >= 15 is 0 Å². The van der Waals surface area contributed by atoms with E-state index in [0.29, 0.717) is 0 Å². The van der Waals surface area contributed by atoms with Crippen molar-refractivity contribution in [3.63, 3.8) is 0 Å². The van der Waals surface area contributed by atoms with Gasteiger partial charge in [-0.2, -0.15) is 0 Å². The van der Waals surface area contributed by atoms with E-state index in [1.165, 1.54) is 4.90 Å². The lowest BCUT2D eigenvalue weighted by Gasteiger charge is -2.30. The smallest absolute Gasteiger partial charge is 0.410 e. The Labute approximate surface area is 203 Å². The molecule has 0 spiro atoms. The number of carbonyl (C=O) groups excluding carboxylic acids is 1. The van der Waals surface area contributed by atoms with Crippen LogP contribution in [-0.4, -0.2) is 55.9 Å². The molecule has 2 aromatic carbocycles. The van der Waals surface area contributed by atoms with Crippen molar-refractivity contribution >= 4 is 26.2 Å². The summed E-state index contributed by atoms with van der Waals surface area (Å²) in [6, 6.07) is 16.7. The SMILES string of the molecule is C=Cc1ccccc1-c1ccc([C@@]2(OC)CN(C(=O)OCC[Si](C)(C)C)[C@](C)(C(=O)O)C2)cc1. The molecule has 182 valence electrons. The highest BCUT2D eigenvalue weighted by molar-refractivity contribution is 6.76. The number of benzene rings is 2. The number of carboxylic acid groups (broad SMARTS) is 1. The standard InChI is InChI=1S/C27H35NO5Si/c1-7-20-10-8-9-11-23(20)21-12-14-22(15-13-21)27(32-3)18-26(2,24(29)30)28(19-27)25(31)33-16-17-34(4,5)6/h7-15H,1,16-19H2,2-6H3,(H,29,30)/t26-,27-/m0/s1. The topological polar surface area (TPSA) is 76.1 Å². The van der Waals surface area contributed by atoms with E-state index in [0.717, 1.165) is 28.3 Å². The van der Waals surface area contributed by atoms with Gasteiger partial charge in [-0.05, 0) is 35.2 Å². The zero-order chi connectivity index (χ0) is 25.1. The lowest BCUT2D eigenvalue weighted by atomic mass is 9.85. The second-order valence-corrected chi connectivity index (χ2v) is 16.0. The summed E-state index contributed by atoms with van der Waals surface area (Å²) in [6.45, 7) is 12.4. The summed E-state index contributed by atoms with van der Waals surface area (Å²) in [7, 11) is 0.166. The van der Waals surface area contributed by atoms with Gasteiger partial charge in [-0.25, -0.2) is 9.59 Å². The Morgan fingerprint density at radius 3 is 2.35 bits per heavy atom. The van der Waals surface area contributed by atoms with Crippen LogP contribution >= 0.6 is 0 Å². The number of methoxy groups -OCH3 is 1. The van der Waals surface area contributed by atoms with E-state index in [9.17, 15) is 14.7 Å². The molecule has 1 heterocycles. The van der Waals surface area contributed by atoms with Crippen molar-refractivity contribution in [3.05, 3.63) is 66.2 Å².